The van der Waals surface area contributed by atoms with Crippen molar-refractivity contribution >= 4 is 39.1 Å². The van der Waals surface area contributed by atoms with Crippen LogP contribution in [0.1, 0.15) is 27.8 Å². The molecule has 0 unspecified atom stereocenters. The number of carbonyl (C=O) groups is 1. The summed E-state index contributed by atoms with van der Waals surface area (Å²) in [5, 5.41) is 3.48. The Bertz CT molecular complexity index is 1300. The number of hydrogen-bond donors (Lipinski definition) is 1. The predicted octanol–water partition coefficient (Wildman–Crippen LogP) is 5.43. The topological polar surface area (TPSA) is 75.7 Å². The van der Waals surface area contributed by atoms with Crippen LogP contribution in [-0.4, -0.2) is 32.3 Å². The lowest BCUT2D eigenvalue weighted by Gasteiger charge is -2.24. The molecule has 3 aromatic carbocycles. The number of aryl methyl sites for hydroxylation is 3. The molecule has 0 saturated heterocycles. The summed E-state index contributed by atoms with van der Waals surface area (Å²) in [5.41, 5.74) is 3.70. The summed E-state index contributed by atoms with van der Waals surface area (Å²) in [5.74, 6) is 0.287. The zero-order valence-electron chi connectivity index (χ0n) is 20.1. The van der Waals surface area contributed by atoms with E-state index in [0.717, 1.165) is 11.1 Å². The second-order valence-electron chi connectivity index (χ2n) is 8.37. The highest BCUT2D eigenvalue weighted by Gasteiger charge is 2.30. The fourth-order valence-corrected chi connectivity index (χ4v) is 6.05. The molecule has 0 aliphatic heterocycles. The highest BCUT2D eigenvalue weighted by atomic mass is 35.5. The van der Waals surface area contributed by atoms with Gasteiger partial charge in [0.2, 0.25) is 15.9 Å². The maximum Gasteiger partial charge on any atom is 0.244 e. The third kappa shape index (κ3) is 6.76. The number of benzene rings is 3. The number of halogens is 2. The Morgan fingerprint density at radius 3 is 2.09 bits per heavy atom. The van der Waals surface area contributed by atoms with E-state index in [1.807, 2.05) is 31.2 Å². The van der Waals surface area contributed by atoms with Gasteiger partial charge in [-0.15, -0.1) is 0 Å². The van der Waals surface area contributed by atoms with Crippen molar-refractivity contribution in [3.63, 3.8) is 0 Å². The van der Waals surface area contributed by atoms with Gasteiger partial charge in [-0.05, 0) is 67.3 Å². The van der Waals surface area contributed by atoms with Crippen molar-refractivity contribution in [1.29, 1.82) is 0 Å². The van der Waals surface area contributed by atoms with E-state index in [2.05, 4.69) is 5.32 Å². The lowest BCUT2D eigenvalue weighted by atomic mass is 10.1. The smallest absolute Gasteiger partial charge is 0.244 e. The number of ether oxygens (including phenoxy) is 1. The summed E-state index contributed by atoms with van der Waals surface area (Å²) in [4.78, 5) is 13.1. The maximum absolute atomic E-state index is 13.8. The molecule has 0 aromatic heterocycles. The van der Waals surface area contributed by atoms with Gasteiger partial charge in [-0.25, -0.2) is 8.42 Å². The quantitative estimate of drug-likeness (QED) is 0.396. The molecule has 1 amide bonds. The minimum Gasteiger partial charge on any atom is -0.497 e. The van der Waals surface area contributed by atoms with E-state index in [1.165, 1.54) is 4.31 Å². The van der Waals surface area contributed by atoms with E-state index in [-0.39, 0.29) is 24.5 Å². The maximum atomic E-state index is 13.8. The molecule has 35 heavy (non-hydrogen) atoms. The molecule has 0 spiro atoms. The lowest BCUT2D eigenvalue weighted by molar-refractivity contribution is -0.121. The molecule has 6 nitrogen and oxygen atoms in total. The summed E-state index contributed by atoms with van der Waals surface area (Å²) in [6.07, 6.45) is 0. The van der Waals surface area contributed by atoms with Gasteiger partial charge < -0.3 is 10.1 Å². The summed E-state index contributed by atoms with van der Waals surface area (Å²) in [6.45, 7) is 5.29. The molecule has 3 aromatic rings. The first-order valence-electron chi connectivity index (χ1n) is 10.9. The molecule has 0 aliphatic rings. The van der Waals surface area contributed by atoms with Crippen LogP contribution in [0, 0.1) is 20.8 Å². The average molecular weight is 535 g/mol. The third-order valence-corrected chi connectivity index (χ3v) is 8.35. The Hall–Kier alpha value is -2.58. The predicted molar refractivity (Wildman–Crippen MR) is 140 cm³/mol. The molecule has 1 N–H and O–H groups in total. The number of amides is 1. The molecule has 0 radical (unpaired) electrons. The summed E-state index contributed by atoms with van der Waals surface area (Å²) < 4.78 is 33.9. The van der Waals surface area contributed by atoms with E-state index in [0.29, 0.717) is 32.5 Å². The van der Waals surface area contributed by atoms with Gasteiger partial charge in [-0.2, -0.15) is 4.31 Å². The Kier molecular flexibility index (Phi) is 8.83. The number of nitrogens with zero attached hydrogens (tertiary/aromatic N) is 1. The van der Waals surface area contributed by atoms with Crippen LogP contribution in [0.25, 0.3) is 0 Å². The van der Waals surface area contributed by atoms with Crippen LogP contribution in [0.4, 0.5) is 0 Å². The van der Waals surface area contributed by atoms with Crippen LogP contribution in [0.3, 0.4) is 0 Å². The molecule has 0 saturated carbocycles. The molecular formula is C26H28Cl2N2O4S. The van der Waals surface area contributed by atoms with Crippen molar-refractivity contribution in [2.75, 3.05) is 13.7 Å². The number of carbonyl (C=O) groups excluding carboxylic acids is 1. The summed E-state index contributed by atoms with van der Waals surface area (Å²) >= 11 is 12.2. The van der Waals surface area contributed by atoms with E-state index >= 15 is 0 Å². The van der Waals surface area contributed by atoms with Crippen LogP contribution in [-0.2, 0) is 27.9 Å². The van der Waals surface area contributed by atoms with Crippen molar-refractivity contribution in [3.8, 4) is 5.75 Å². The minimum absolute atomic E-state index is 0.0397. The zero-order chi connectivity index (χ0) is 25.8. The zero-order valence-corrected chi connectivity index (χ0v) is 22.4. The Balaban J connectivity index is 1.88. The molecule has 0 bridgehead atoms. The highest BCUT2D eigenvalue weighted by Crippen LogP contribution is 2.28. The number of rotatable bonds is 9. The van der Waals surface area contributed by atoms with Gasteiger partial charge in [0.1, 0.15) is 5.75 Å². The summed E-state index contributed by atoms with van der Waals surface area (Å²) in [7, 11) is -2.43. The van der Waals surface area contributed by atoms with Gasteiger partial charge in [0.15, 0.2) is 0 Å². The Morgan fingerprint density at radius 2 is 1.51 bits per heavy atom. The Morgan fingerprint density at radius 1 is 0.914 bits per heavy atom. The van der Waals surface area contributed by atoms with Gasteiger partial charge in [0.05, 0.1) is 28.6 Å². The monoisotopic (exact) mass is 534 g/mol. The molecule has 186 valence electrons. The van der Waals surface area contributed by atoms with Crippen LogP contribution in [0.2, 0.25) is 10.0 Å². The molecule has 0 heterocycles. The Labute approximate surface area is 216 Å². The number of sulfonamides is 1. The first kappa shape index (κ1) is 27.0. The molecule has 9 heteroatoms. The van der Waals surface area contributed by atoms with Crippen LogP contribution >= 0.6 is 23.2 Å². The van der Waals surface area contributed by atoms with Gasteiger partial charge in [-0.1, -0.05) is 59.1 Å². The van der Waals surface area contributed by atoms with Crippen molar-refractivity contribution in [2.45, 2.75) is 38.8 Å². The largest absolute Gasteiger partial charge is 0.497 e. The van der Waals surface area contributed by atoms with E-state index in [4.69, 9.17) is 27.9 Å². The second kappa shape index (κ2) is 11.4. The van der Waals surface area contributed by atoms with Crippen LogP contribution < -0.4 is 10.1 Å². The second-order valence-corrected chi connectivity index (χ2v) is 11.1. The number of methoxy groups -OCH3 is 1. The standard InChI is InChI=1S/C26H28Cl2N2O4S/c1-17-11-18(2)26(19(3)12-17)35(32,33)30(15-21-7-10-23(27)24(28)13-21)16-25(31)29-14-20-5-8-22(34-4)9-6-20/h5-13H,14-16H2,1-4H3,(H,29,31). The molecule has 0 aliphatic carbocycles. The molecule has 0 atom stereocenters. The van der Waals surface area contributed by atoms with Gasteiger partial charge >= 0.3 is 0 Å². The van der Waals surface area contributed by atoms with E-state index in [9.17, 15) is 13.2 Å². The highest BCUT2D eigenvalue weighted by molar-refractivity contribution is 7.89. The van der Waals surface area contributed by atoms with E-state index in [1.54, 1.807) is 51.3 Å². The first-order chi connectivity index (χ1) is 16.5. The summed E-state index contributed by atoms with van der Waals surface area (Å²) in [6, 6.07) is 15.8. The molecular weight excluding hydrogens is 507 g/mol. The molecule has 3 rings (SSSR count). The fourth-order valence-electron chi connectivity index (χ4n) is 3.93. The number of nitrogens with one attached hydrogen (secondary N) is 1. The average Bonchev–Trinajstić information content (AvgIpc) is 2.79. The van der Waals surface area contributed by atoms with Gasteiger partial charge in [0.25, 0.3) is 0 Å². The normalized spacial score (nSPS) is 11.5. The SMILES string of the molecule is COc1ccc(CNC(=O)CN(Cc2ccc(Cl)c(Cl)c2)S(=O)(=O)c2c(C)cc(C)cc2C)cc1. The van der Waals surface area contributed by atoms with Crippen molar-refractivity contribution < 1.29 is 17.9 Å². The third-order valence-electron chi connectivity index (χ3n) is 5.51. The van der Waals surface area contributed by atoms with Gasteiger partial charge in [-0.3, -0.25) is 4.79 Å². The fraction of sp³-hybridized carbons (Fsp3) is 0.269. The number of hydrogen-bond acceptors (Lipinski definition) is 4. The van der Waals surface area contributed by atoms with Crippen molar-refractivity contribution in [1.82, 2.24) is 9.62 Å². The lowest BCUT2D eigenvalue weighted by Crippen LogP contribution is -2.40. The van der Waals surface area contributed by atoms with Crippen LogP contribution in [0.15, 0.2) is 59.5 Å². The van der Waals surface area contributed by atoms with Crippen molar-refractivity contribution in [3.05, 3.63) is 92.5 Å². The van der Waals surface area contributed by atoms with Gasteiger partial charge in [0, 0.05) is 13.1 Å². The minimum atomic E-state index is -4.01. The van der Waals surface area contributed by atoms with Crippen LogP contribution in [0.5, 0.6) is 5.75 Å². The molecule has 0 fully saturated rings. The first-order valence-corrected chi connectivity index (χ1v) is 13.1. The van der Waals surface area contributed by atoms with E-state index < -0.39 is 15.9 Å². The van der Waals surface area contributed by atoms with Crippen molar-refractivity contribution in [2.24, 2.45) is 0 Å².